The summed E-state index contributed by atoms with van der Waals surface area (Å²) in [6.45, 7) is 2.42. The van der Waals surface area contributed by atoms with Crippen molar-refractivity contribution in [2.75, 3.05) is 6.54 Å². The Morgan fingerprint density at radius 1 is 1.29 bits per heavy atom. The van der Waals surface area contributed by atoms with Gasteiger partial charge in [0.15, 0.2) is 0 Å². The highest BCUT2D eigenvalue weighted by Crippen LogP contribution is 2.32. The van der Waals surface area contributed by atoms with E-state index < -0.39 is 15.1 Å². The van der Waals surface area contributed by atoms with E-state index in [4.69, 9.17) is 4.42 Å². The van der Waals surface area contributed by atoms with Crippen LogP contribution in [0.25, 0.3) is 0 Å². The molecule has 2 heterocycles. The van der Waals surface area contributed by atoms with Crippen molar-refractivity contribution in [3.05, 3.63) is 41.8 Å². The summed E-state index contributed by atoms with van der Waals surface area (Å²) in [5, 5.41) is 7.20. The molecule has 1 aromatic heterocycles. The Hall–Kier alpha value is -2.22. The van der Waals surface area contributed by atoms with Gasteiger partial charge in [-0.1, -0.05) is 42.4 Å². The van der Waals surface area contributed by atoms with Crippen LogP contribution in [0.2, 0.25) is 0 Å². The monoisotopic (exact) mass is 349 g/mol. The van der Waals surface area contributed by atoms with Gasteiger partial charge < -0.3 is 9.32 Å². The predicted octanol–water partition coefficient (Wildman–Crippen LogP) is 2.12. The highest BCUT2D eigenvalue weighted by molar-refractivity contribution is 7.90. The molecule has 0 unspecified atom stereocenters. The highest BCUT2D eigenvalue weighted by Gasteiger charge is 2.34. The summed E-state index contributed by atoms with van der Waals surface area (Å²) in [6, 6.07) is 8.50. The molecule has 3 rings (SSSR count). The quantitative estimate of drug-likeness (QED) is 0.821. The zero-order chi connectivity index (χ0) is 17.2. The lowest BCUT2D eigenvalue weighted by Gasteiger charge is -2.21. The Kier molecular flexibility index (Phi) is 4.66. The molecule has 1 aliphatic rings. The minimum absolute atomic E-state index is 0.00407. The molecule has 0 saturated carbocycles. The number of hydrogen-bond donors (Lipinski definition) is 0. The molecular weight excluding hydrogens is 330 g/mol. The van der Waals surface area contributed by atoms with E-state index in [2.05, 4.69) is 10.2 Å². The van der Waals surface area contributed by atoms with Crippen molar-refractivity contribution in [2.45, 2.75) is 43.2 Å². The Balaban J connectivity index is 1.81. The molecule has 2 aromatic rings. The van der Waals surface area contributed by atoms with Crippen molar-refractivity contribution in [1.82, 2.24) is 15.1 Å². The number of amides is 1. The van der Waals surface area contributed by atoms with Gasteiger partial charge in [-0.15, -0.1) is 5.10 Å². The Morgan fingerprint density at radius 2 is 2.04 bits per heavy atom. The summed E-state index contributed by atoms with van der Waals surface area (Å²) in [7, 11) is -3.71. The average Bonchev–Trinajstić information content (AvgIpc) is 3.23. The van der Waals surface area contributed by atoms with Crippen molar-refractivity contribution in [1.29, 1.82) is 0 Å². The normalized spacial score (nSPS) is 18.0. The lowest BCUT2D eigenvalue weighted by molar-refractivity contribution is -0.132. The number of nitrogens with zero attached hydrogens (tertiary/aromatic N) is 3. The van der Waals surface area contributed by atoms with E-state index in [0.29, 0.717) is 24.9 Å². The van der Waals surface area contributed by atoms with Gasteiger partial charge in [-0.2, -0.15) is 0 Å². The van der Waals surface area contributed by atoms with Gasteiger partial charge in [-0.25, -0.2) is 8.42 Å². The van der Waals surface area contributed by atoms with Gasteiger partial charge in [-0.3, -0.25) is 4.79 Å². The van der Waals surface area contributed by atoms with E-state index in [-0.39, 0.29) is 23.6 Å². The van der Waals surface area contributed by atoms with E-state index in [9.17, 15) is 13.2 Å². The van der Waals surface area contributed by atoms with Crippen molar-refractivity contribution in [2.24, 2.45) is 0 Å². The molecule has 1 saturated heterocycles. The summed E-state index contributed by atoms with van der Waals surface area (Å²) in [6.07, 6.45) is 1.93. The van der Waals surface area contributed by atoms with Gasteiger partial charge in [0, 0.05) is 13.0 Å². The van der Waals surface area contributed by atoms with Crippen LogP contribution in [-0.2, 0) is 20.4 Å². The van der Waals surface area contributed by atoms with Gasteiger partial charge in [0.25, 0.3) is 0 Å². The van der Waals surface area contributed by atoms with E-state index in [1.165, 1.54) is 0 Å². The second-order valence-electron chi connectivity index (χ2n) is 5.75. The SMILES string of the molecule is CCC(=O)N1CCC[C@H]1c1nnc(S(=O)(=O)Cc2ccccc2)o1. The molecule has 1 amide bonds. The molecule has 1 aliphatic heterocycles. The molecule has 0 radical (unpaired) electrons. The van der Waals surface area contributed by atoms with Gasteiger partial charge in [0.2, 0.25) is 21.6 Å². The van der Waals surface area contributed by atoms with Gasteiger partial charge in [0.05, 0.1) is 5.75 Å². The first-order chi connectivity index (χ1) is 11.5. The third-order valence-electron chi connectivity index (χ3n) is 4.05. The third-order valence-corrected chi connectivity index (χ3v) is 5.46. The Bertz CT molecular complexity index is 817. The number of hydrogen-bond acceptors (Lipinski definition) is 6. The first-order valence-corrected chi connectivity index (χ1v) is 9.56. The van der Waals surface area contributed by atoms with Crippen molar-refractivity contribution < 1.29 is 17.6 Å². The van der Waals surface area contributed by atoms with E-state index in [0.717, 1.165) is 6.42 Å². The number of aromatic nitrogens is 2. The summed E-state index contributed by atoms with van der Waals surface area (Å²) in [5.41, 5.74) is 0.654. The number of carbonyl (C=O) groups excluding carboxylic acids is 1. The average molecular weight is 349 g/mol. The molecular formula is C16H19N3O4S. The van der Waals surface area contributed by atoms with Crippen LogP contribution < -0.4 is 0 Å². The fourth-order valence-electron chi connectivity index (χ4n) is 2.86. The highest BCUT2D eigenvalue weighted by atomic mass is 32.2. The molecule has 0 bridgehead atoms. The van der Waals surface area contributed by atoms with E-state index in [1.54, 1.807) is 36.1 Å². The number of benzene rings is 1. The molecule has 8 heteroatoms. The molecule has 0 N–H and O–H groups in total. The minimum Gasteiger partial charge on any atom is -0.410 e. The van der Waals surface area contributed by atoms with Crippen LogP contribution in [-0.4, -0.2) is 36.0 Å². The van der Waals surface area contributed by atoms with Gasteiger partial charge in [0.1, 0.15) is 6.04 Å². The van der Waals surface area contributed by atoms with Crippen LogP contribution in [0.15, 0.2) is 40.0 Å². The molecule has 1 aromatic carbocycles. The summed E-state index contributed by atoms with van der Waals surface area (Å²) in [5.74, 6) is 0.00270. The second kappa shape index (κ2) is 6.72. The second-order valence-corrected chi connectivity index (χ2v) is 7.62. The lowest BCUT2D eigenvalue weighted by Crippen LogP contribution is -2.29. The maximum absolute atomic E-state index is 12.4. The molecule has 0 spiro atoms. The van der Waals surface area contributed by atoms with Crippen LogP contribution in [0, 0.1) is 0 Å². The third kappa shape index (κ3) is 3.33. The molecule has 1 fully saturated rings. The molecule has 7 nitrogen and oxygen atoms in total. The maximum Gasteiger partial charge on any atom is 0.335 e. The fourth-order valence-corrected chi connectivity index (χ4v) is 3.99. The molecule has 24 heavy (non-hydrogen) atoms. The van der Waals surface area contributed by atoms with Crippen LogP contribution in [0.3, 0.4) is 0 Å². The Labute approximate surface area is 140 Å². The first-order valence-electron chi connectivity index (χ1n) is 7.91. The van der Waals surface area contributed by atoms with Crippen molar-refractivity contribution in [3.8, 4) is 0 Å². The number of rotatable bonds is 5. The molecule has 1 atom stereocenters. The van der Waals surface area contributed by atoms with Crippen LogP contribution in [0.5, 0.6) is 0 Å². The largest absolute Gasteiger partial charge is 0.410 e. The first kappa shape index (κ1) is 16.6. The fraction of sp³-hybridized carbons (Fsp3) is 0.438. The van der Waals surface area contributed by atoms with Crippen LogP contribution in [0.4, 0.5) is 0 Å². The predicted molar refractivity (Wildman–Crippen MR) is 85.6 cm³/mol. The van der Waals surface area contributed by atoms with Crippen molar-refractivity contribution >= 4 is 15.7 Å². The standard InChI is InChI=1S/C16H19N3O4S/c1-2-14(20)19-10-6-9-13(19)15-17-18-16(23-15)24(21,22)11-12-7-4-3-5-8-12/h3-5,7-8,13H,2,6,9-11H2,1H3/t13-/m0/s1. The number of sulfone groups is 1. The van der Waals surface area contributed by atoms with Crippen molar-refractivity contribution in [3.63, 3.8) is 0 Å². The topological polar surface area (TPSA) is 93.4 Å². The zero-order valence-corrected chi connectivity index (χ0v) is 14.2. The zero-order valence-electron chi connectivity index (χ0n) is 13.4. The number of likely N-dealkylation sites (tertiary alicyclic amines) is 1. The van der Waals surface area contributed by atoms with E-state index >= 15 is 0 Å². The summed E-state index contributed by atoms with van der Waals surface area (Å²) < 4.78 is 30.3. The molecule has 0 aliphatic carbocycles. The van der Waals surface area contributed by atoms with Crippen LogP contribution >= 0.6 is 0 Å². The summed E-state index contributed by atoms with van der Waals surface area (Å²) in [4.78, 5) is 13.6. The Morgan fingerprint density at radius 3 is 2.75 bits per heavy atom. The maximum atomic E-state index is 12.4. The molecule has 128 valence electrons. The van der Waals surface area contributed by atoms with Crippen LogP contribution in [0.1, 0.15) is 43.7 Å². The summed E-state index contributed by atoms with van der Waals surface area (Å²) >= 11 is 0. The number of carbonyl (C=O) groups is 1. The smallest absolute Gasteiger partial charge is 0.335 e. The minimum atomic E-state index is -3.71. The van der Waals surface area contributed by atoms with Gasteiger partial charge in [-0.05, 0) is 18.4 Å². The lowest BCUT2D eigenvalue weighted by atomic mass is 10.2. The van der Waals surface area contributed by atoms with E-state index in [1.807, 2.05) is 6.07 Å². The van der Waals surface area contributed by atoms with Gasteiger partial charge >= 0.3 is 5.22 Å².